The molecule has 3 heteroatoms. The minimum absolute atomic E-state index is 0.148. The van der Waals surface area contributed by atoms with Gasteiger partial charge in [-0.1, -0.05) is 142 Å². The number of rotatable bonds is 28. The zero-order chi connectivity index (χ0) is 25.2. The van der Waals surface area contributed by atoms with Crippen molar-refractivity contribution in [3.8, 4) is 0 Å². The highest BCUT2D eigenvalue weighted by Gasteiger charge is 2.08. The van der Waals surface area contributed by atoms with Crippen molar-refractivity contribution >= 4 is 0 Å². The zero-order valence-electron chi connectivity index (χ0n) is 24.4. The fourth-order valence-electron chi connectivity index (χ4n) is 5.01. The van der Waals surface area contributed by atoms with Crippen molar-refractivity contribution in [1.29, 1.82) is 0 Å². The van der Waals surface area contributed by atoms with E-state index in [1.807, 2.05) is 0 Å². The Labute approximate surface area is 216 Å². The van der Waals surface area contributed by atoms with Gasteiger partial charge in [0.15, 0.2) is 0 Å². The molecule has 0 aliphatic heterocycles. The Morgan fingerprint density at radius 3 is 0.971 bits per heavy atom. The average Bonchev–Trinajstić information content (AvgIpc) is 2.79. The second-order valence-corrected chi connectivity index (χ2v) is 11.6. The number of nitrogens with zero attached hydrogens (tertiary/aromatic N) is 2. The highest BCUT2D eigenvalue weighted by atomic mass is 16.5. The van der Waals surface area contributed by atoms with Crippen LogP contribution in [-0.4, -0.2) is 49.8 Å². The maximum Gasteiger partial charge on any atom is 0.0792 e. The molecule has 0 aromatic heterocycles. The third kappa shape index (κ3) is 28.1. The van der Waals surface area contributed by atoms with E-state index in [0.717, 1.165) is 19.5 Å². The second kappa shape index (κ2) is 26.0. The summed E-state index contributed by atoms with van der Waals surface area (Å²) in [7, 11) is 3.55. The lowest BCUT2D eigenvalue weighted by Gasteiger charge is -2.34. The van der Waals surface area contributed by atoms with Crippen molar-refractivity contribution < 1.29 is 4.65 Å². The lowest BCUT2D eigenvalue weighted by Crippen LogP contribution is -2.36. The Bertz CT molecular complexity index is 380. The van der Waals surface area contributed by atoms with Crippen LogP contribution in [-0.2, 0) is 0 Å². The fourth-order valence-corrected chi connectivity index (χ4v) is 5.01. The van der Waals surface area contributed by atoms with E-state index >= 15 is 0 Å². The molecule has 0 unspecified atom stereocenters. The van der Waals surface area contributed by atoms with E-state index in [9.17, 15) is 5.21 Å². The van der Waals surface area contributed by atoms with Crippen molar-refractivity contribution in [3.63, 3.8) is 0 Å². The molecule has 0 radical (unpaired) electrons. The van der Waals surface area contributed by atoms with E-state index in [1.54, 1.807) is 14.1 Å². The third-order valence-corrected chi connectivity index (χ3v) is 7.33. The Kier molecular flexibility index (Phi) is 25.9. The molecule has 0 aromatic rings. The van der Waals surface area contributed by atoms with Crippen LogP contribution in [0.25, 0.3) is 0 Å². The molecule has 0 rings (SSSR count). The quantitative estimate of drug-likeness (QED) is 0.0630. The molecule has 0 aromatic carbocycles. The molecular weight excluding hydrogens is 416 g/mol. The summed E-state index contributed by atoms with van der Waals surface area (Å²) in [4.78, 5) is 2.66. The predicted molar refractivity (Wildman–Crippen MR) is 154 cm³/mol. The Morgan fingerprint density at radius 2 is 0.676 bits per heavy atom. The van der Waals surface area contributed by atoms with Crippen LogP contribution in [0.3, 0.4) is 0 Å². The van der Waals surface area contributed by atoms with Crippen LogP contribution in [0, 0.1) is 5.21 Å². The van der Waals surface area contributed by atoms with Crippen molar-refractivity contribution in [2.24, 2.45) is 0 Å². The molecule has 0 N–H and O–H groups in total. The third-order valence-electron chi connectivity index (χ3n) is 7.33. The summed E-state index contributed by atoms with van der Waals surface area (Å²) >= 11 is 0. The van der Waals surface area contributed by atoms with E-state index in [2.05, 4.69) is 18.7 Å². The van der Waals surface area contributed by atoms with Crippen molar-refractivity contribution in [1.82, 2.24) is 4.90 Å². The average molecular weight is 483 g/mol. The highest BCUT2D eigenvalue weighted by Crippen LogP contribution is 2.14. The lowest BCUT2D eigenvalue weighted by atomic mass is 10.0. The first-order valence-corrected chi connectivity index (χ1v) is 15.8. The van der Waals surface area contributed by atoms with E-state index in [4.69, 9.17) is 0 Å². The Morgan fingerprint density at radius 1 is 0.412 bits per heavy atom. The van der Waals surface area contributed by atoms with Crippen LogP contribution < -0.4 is 0 Å². The van der Waals surface area contributed by atoms with Crippen molar-refractivity contribution in [2.45, 2.75) is 162 Å². The largest absolute Gasteiger partial charge is 0.633 e. The fraction of sp³-hybridized carbons (Fsp3) is 1.00. The molecule has 0 heterocycles. The van der Waals surface area contributed by atoms with E-state index in [0.29, 0.717) is 0 Å². The summed E-state index contributed by atoms with van der Waals surface area (Å²) in [5.41, 5.74) is 0. The maximum absolute atomic E-state index is 11.9. The van der Waals surface area contributed by atoms with Gasteiger partial charge in [0, 0.05) is 13.0 Å². The van der Waals surface area contributed by atoms with Gasteiger partial charge in [-0.2, -0.15) is 0 Å². The number of hydrogen-bond donors (Lipinski definition) is 0. The van der Waals surface area contributed by atoms with E-state index < -0.39 is 0 Å². The molecule has 0 aliphatic rings. The van der Waals surface area contributed by atoms with Crippen LogP contribution in [0.4, 0.5) is 0 Å². The van der Waals surface area contributed by atoms with Crippen LogP contribution in [0.1, 0.15) is 162 Å². The van der Waals surface area contributed by atoms with Gasteiger partial charge < -0.3 is 14.8 Å². The summed E-state index contributed by atoms with van der Waals surface area (Å²) in [6.07, 6.45) is 32.1. The summed E-state index contributed by atoms with van der Waals surface area (Å²) in [6.45, 7) is 8.92. The summed E-state index contributed by atoms with van der Waals surface area (Å²) in [5, 5.41) is 11.9. The minimum Gasteiger partial charge on any atom is -0.633 e. The number of unbranched alkanes of at least 4 members (excludes halogenated alkanes) is 20. The first-order chi connectivity index (χ1) is 16.5. The summed E-state index contributed by atoms with van der Waals surface area (Å²) in [6, 6.07) is 0. The van der Waals surface area contributed by atoms with E-state index in [-0.39, 0.29) is 4.65 Å². The topological polar surface area (TPSA) is 26.3 Å². The van der Waals surface area contributed by atoms with Gasteiger partial charge in [0.25, 0.3) is 0 Å². The van der Waals surface area contributed by atoms with Gasteiger partial charge in [-0.3, -0.25) is 0 Å². The van der Waals surface area contributed by atoms with Gasteiger partial charge in [-0.25, -0.2) is 0 Å². The van der Waals surface area contributed by atoms with Gasteiger partial charge in [-0.05, 0) is 25.9 Å². The Balaban J connectivity index is 3.79. The van der Waals surface area contributed by atoms with Gasteiger partial charge in [0.2, 0.25) is 0 Å². The summed E-state index contributed by atoms with van der Waals surface area (Å²) in [5.74, 6) is 0. The minimum atomic E-state index is -0.148. The molecule has 0 atom stereocenters. The summed E-state index contributed by atoms with van der Waals surface area (Å²) < 4.78 is -0.148. The molecule has 3 nitrogen and oxygen atoms in total. The molecule has 34 heavy (non-hydrogen) atoms. The molecule has 0 amide bonds. The maximum atomic E-state index is 11.9. The highest BCUT2D eigenvalue weighted by molar-refractivity contribution is 4.60. The van der Waals surface area contributed by atoms with Gasteiger partial charge >= 0.3 is 0 Å². The number of hydrogen-bond acceptors (Lipinski definition) is 2. The number of hydroxylamine groups is 3. The molecule has 0 fully saturated rings. The van der Waals surface area contributed by atoms with E-state index in [1.165, 1.54) is 154 Å². The molecule has 206 valence electrons. The Hall–Kier alpha value is -0.120. The molecule has 0 saturated heterocycles. The molecule has 0 bridgehead atoms. The molecular formula is C31H66N2O. The van der Waals surface area contributed by atoms with Crippen LogP contribution >= 0.6 is 0 Å². The van der Waals surface area contributed by atoms with Crippen molar-refractivity contribution in [2.75, 3.05) is 40.3 Å². The first kappa shape index (κ1) is 33.9. The smallest absolute Gasteiger partial charge is 0.0792 e. The SMILES string of the molecule is CCCCCCCCCCCCCCN(CCCCCCCCCCCC)CCC[N+](C)(C)[O-]. The van der Waals surface area contributed by atoms with Gasteiger partial charge in [-0.15, -0.1) is 0 Å². The molecule has 0 saturated carbocycles. The standard InChI is InChI=1S/C31H66N2O/c1-5-7-9-11-13-15-17-18-20-22-24-26-29-32(30-27-31-33(3,4)34)28-25-23-21-19-16-14-12-10-8-6-2/h5-31H2,1-4H3. The van der Waals surface area contributed by atoms with Gasteiger partial charge in [0.05, 0.1) is 20.6 Å². The number of quaternary nitrogens is 1. The molecule has 0 aliphatic carbocycles. The predicted octanol–water partition coefficient (Wildman–Crippen LogP) is 9.87. The first-order valence-electron chi connectivity index (χ1n) is 15.8. The lowest BCUT2D eigenvalue weighted by molar-refractivity contribution is -0.840. The van der Waals surface area contributed by atoms with Crippen LogP contribution in [0.2, 0.25) is 0 Å². The normalized spacial score (nSPS) is 12.2. The second-order valence-electron chi connectivity index (χ2n) is 11.6. The van der Waals surface area contributed by atoms with Crippen LogP contribution in [0.5, 0.6) is 0 Å². The van der Waals surface area contributed by atoms with Crippen molar-refractivity contribution in [3.05, 3.63) is 5.21 Å². The monoisotopic (exact) mass is 483 g/mol. The molecule has 0 spiro atoms. The van der Waals surface area contributed by atoms with Gasteiger partial charge in [0.1, 0.15) is 0 Å². The zero-order valence-corrected chi connectivity index (χ0v) is 24.4. The van der Waals surface area contributed by atoms with Crippen LogP contribution in [0.15, 0.2) is 0 Å².